The Morgan fingerprint density at radius 3 is 2.03 bits per heavy atom. The van der Waals surface area contributed by atoms with Crippen molar-refractivity contribution in [2.75, 3.05) is 5.32 Å². The van der Waals surface area contributed by atoms with E-state index in [4.69, 9.17) is 4.74 Å². The Labute approximate surface area is 224 Å². The van der Waals surface area contributed by atoms with Gasteiger partial charge < -0.3 is 10.1 Å². The van der Waals surface area contributed by atoms with Crippen molar-refractivity contribution in [2.24, 2.45) is 5.92 Å². The van der Waals surface area contributed by atoms with Crippen LogP contribution in [0.1, 0.15) is 49.7 Å². The predicted octanol–water partition coefficient (Wildman–Crippen LogP) is 5.47. The van der Waals surface area contributed by atoms with E-state index in [-0.39, 0.29) is 28.2 Å². The van der Waals surface area contributed by atoms with Gasteiger partial charge in [0.25, 0.3) is 5.91 Å². The number of para-hydroxylation sites is 1. The van der Waals surface area contributed by atoms with Crippen LogP contribution >= 0.6 is 0 Å². The van der Waals surface area contributed by atoms with Gasteiger partial charge in [0.2, 0.25) is 5.78 Å². The van der Waals surface area contributed by atoms with Crippen LogP contribution in [-0.2, 0) is 14.3 Å². The normalized spacial score (nSPS) is 14.6. The minimum Gasteiger partial charge on any atom is -0.453 e. The number of esters is 1. The van der Waals surface area contributed by atoms with Crippen LogP contribution in [-0.4, -0.2) is 29.2 Å². The van der Waals surface area contributed by atoms with E-state index >= 15 is 0 Å². The Hall–Kier alpha value is -5.17. The lowest BCUT2D eigenvalue weighted by Crippen LogP contribution is -2.38. The third kappa shape index (κ3) is 4.90. The second kappa shape index (κ2) is 10.7. The first-order chi connectivity index (χ1) is 18.9. The number of carbonyl (C=O) groups excluding carboxylic acids is 5. The van der Waals surface area contributed by atoms with E-state index in [2.05, 4.69) is 5.32 Å². The smallest absolute Gasteiger partial charge is 0.339 e. The lowest BCUT2D eigenvalue weighted by Gasteiger charge is -2.22. The Morgan fingerprint density at radius 2 is 1.31 bits per heavy atom. The molecule has 4 aromatic carbocycles. The highest BCUT2D eigenvalue weighted by molar-refractivity contribution is 6.45. The molecule has 0 aromatic heterocycles. The van der Waals surface area contributed by atoms with Gasteiger partial charge in [-0.3, -0.25) is 19.2 Å². The standard InChI is InChI=1S/C32H23NO6/c1-19(34)21-13-9-10-18-26(21)33-31(37)29(36)27(30-24-16-7-8-17-25(24)32(38)39-30)28(35)23-15-6-5-14-22(23)20-11-3-2-4-12-20/h2-18,27,30H,1H3,(H,33,37)/t27?,30-/m1/s1. The summed E-state index contributed by atoms with van der Waals surface area (Å²) in [6, 6.07) is 28.7. The molecule has 1 N–H and O–H groups in total. The third-order valence-electron chi connectivity index (χ3n) is 6.64. The lowest BCUT2D eigenvalue weighted by atomic mass is 9.82. The molecule has 7 heteroatoms. The van der Waals surface area contributed by atoms with Gasteiger partial charge >= 0.3 is 5.97 Å². The summed E-state index contributed by atoms with van der Waals surface area (Å²) in [4.78, 5) is 66.0. The number of ketones is 3. The van der Waals surface area contributed by atoms with Gasteiger partial charge in [0.15, 0.2) is 11.6 Å². The average Bonchev–Trinajstić information content (AvgIpc) is 3.29. The van der Waals surface area contributed by atoms with Gasteiger partial charge in [-0.2, -0.15) is 0 Å². The lowest BCUT2D eigenvalue weighted by molar-refractivity contribution is -0.138. The topological polar surface area (TPSA) is 107 Å². The zero-order valence-corrected chi connectivity index (χ0v) is 20.9. The number of anilines is 1. The number of carbonyl (C=O) groups is 5. The summed E-state index contributed by atoms with van der Waals surface area (Å²) >= 11 is 0. The van der Waals surface area contributed by atoms with Gasteiger partial charge in [-0.05, 0) is 36.2 Å². The molecular formula is C32H23NO6. The van der Waals surface area contributed by atoms with Crippen molar-refractivity contribution in [3.05, 3.63) is 125 Å². The summed E-state index contributed by atoms with van der Waals surface area (Å²) in [5.74, 6) is -5.49. The molecule has 1 aliphatic rings. The molecule has 192 valence electrons. The fourth-order valence-electron chi connectivity index (χ4n) is 4.77. The maximum atomic E-state index is 14.2. The van der Waals surface area contributed by atoms with E-state index in [9.17, 15) is 24.0 Å². The predicted molar refractivity (Wildman–Crippen MR) is 144 cm³/mol. The fraction of sp³-hybridized carbons (Fsp3) is 0.0938. The molecule has 0 bridgehead atoms. The Morgan fingerprint density at radius 1 is 0.718 bits per heavy atom. The number of nitrogens with one attached hydrogen (secondary N) is 1. The maximum absolute atomic E-state index is 14.2. The second-order valence-corrected chi connectivity index (χ2v) is 9.09. The molecule has 0 aliphatic carbocycles. The summed E-state index contributed by atoms with van der Waals surface area (Å²) in [5.41, 5.74) is 2.46. The number of Topliss-reactive ketones (excluding diaryl/α,β-unsaturated/α-hetero) is 3. The van der Waals surface area contributed by atoms with E-state index < -0.39 is 35.5 Å². The zero-order valence-electron chi connectivity index (χ0n) is 20.9. The Kier molecular flexibility index (Phi) is 6.97. The number of fused-ring (bicyclic) bond motifs is 1. The molecule has 0 saturated heterocycles. The highest BCUT2D eigenvalue weighted by atomic mass is 16.5. The number of amides is 1. The van der Waals surface area contributed by atoms with Crippen LogP contribution in [0.3, 0.4) is 0 Å². The van der Waals surface area contributed by atoms with E-state index in [1.165, 1.54) is 19.1 Å². The first-order valence-electron chi connectivity index (χ1n) is 12.3. The molecule has 0 saturated carbocycles. The molecule has 0 spiro atoms. The van der Waals surface area contributed by atoms with Crippen LogP contribution in [0.2, 0.25) is 0 Å². The Balaban J connectivity index is 1.58. The molecule has 1 unspecified atom stereocenters. The fourth-order valence-corrected chi connectivity index (χ4v) is 4.77. The number of rotatable bonds is 8. The van der Waals surface area contributed by atoms with Crippen molar-refractivity contribution in [3.8, 4) is 11.1 Å². The van der Waals surface area contributed by atoms with Gasteiger partial charge in [0.1, 0.15) is 12.0 Å². The van der Waals surface area contributed by atoms with Crippen LogP contribution in [0.5, 0.6) is 0 Å². The van der Waals surface area contributed by atoms with Crippen LogP contribution in [0.4, 0.5) is 5.69 Å². The number of ether oxygens (including phenoxy) is 1. The molecule has 5 rings (SSSR count). The van der Waals surface area contributed by atoms with Gasteiger partial charge in [0.05, 0.1) is 11.3 Å². The van der Waals surface area contributed by atoms with Crippen molar-refractivity contribution in [1.82, 2.24) is 0 Å². The molecule has 0 radical (unpaired) electrons. The van der Waals surface area contributed by atoms with Crippen LogP contribution in [0.25, 0.3) is 11.1 Å². The van der Waals surface area contributed by atoms with E-state index in [1.54, 1.807) is 60.7 Å². The van der Waals surface area contributed by atoms with E-state index in [0.29, 0.717) is 11.1 Å². The summed E-state index contributed by atoms with van der Waals surface area (Å²) < 4.78 is 5.55. The average molecular weight is 518 g/mol. The van der Waals surface area contributed by atoms with Crippen LogP contribution in [0.15, 0.2) is 103 Å². The number of hydrogen-bond acceptors (Lipinski definition) is 6. The van der Waals surface area contributed by atoms with E-state index in [1.807, 2.05) is 30.3 Å². The Bertz CT molecular complexity index is 1620. The molecular weight excluding hydrogens is 494 g/mol. The molecule has 2 atom stereocenters. The van der Waals surface area contributed by atoms with Crippen molar-refractivity contribution >= 4 is 34.9 Å². The molecule has 39 heavy (non-hydrogen) atoms. The molecule has 0 fully saturated rings. The van der Waals surface area contributed by atoms with Crippen molar-refractivity contribution in [1.29, 1.82) is 0 Å². The second-order valence-electron chi connectivity index (χ2n) is 9.09. The maximum Gasteiger partial charge on any atom is 0.339 e. The van der Waals surface area contributed by atoms with Crippen molar-refractivity contribution in [3.63, 3.8) is 0 Å². The summed E-state index contributed by atoms with van der Waals surface area (Å²) in [6.45, 7) is 1.34. The third-order valence-corrected chi connectivity index (χ3v) is 6.64. The summed E-state index contributed by atoms with van der Waals surface area (Å²) in [7, 11) is 0. The first-order valence-corrected chi connectivity index (χ1v) is 12.3. The molecule has 7 nitrogen and oxygen atoms in total. The SMILES string of the molecule is CC(=O)c1ccccc1NC(=O)C(=O)C(C(=O)c1ccccc1-c1ccccc1)[C@@H]1OC(=O)c2ccccc21. The van der Waals surface area contributed by atoms with Crippen LogP contribution < -0.4 is 5.32 Å². The first kappa shape index (κ1) is 25.5. The van der Waals surface area contributed by atoms with Gasteiger partial charge in [0, 0.05) is 16.7 Å². The number of benzene rings is 4. The largest absolute Gasteiger partial charge is 0.453 e. The van der Waals surface area contributed by atoms with Gasteiger partial charge in [-0.15, -0.1) is 0 Å². The minimum absolute atomic E-state index is 0.142. The highest BCUT2D eigenvalue weighted by Crippen LogP contribution is 2.39. The van der Waals surface area contributed by atoms with Crippen molar-refractivity contribution in [2.45, 2.75) is 13.0 Å². The van der Waals surface area contributed by atoms with Gasteiger partial charge in [-0.25, -0.2) is 4.79 Å². The highest BCUT2D eigenvalue weighted by Gasteiger charge is 2.46. The molecule has 4 aromatic rings. The number of cyclic esters (lactones) is 1. The summed E-state index contributed by atoms with van der Waals surface area (Å²) in [5, 5.41) is 2.48. The van der Waals surface area contributed by atoms with E-state index in [0.717, 1.165) is 5.56 Å². The molecule has 1 aliphatic heterocycles. The van der Waals surface area contributed by atoms with Crippen LogP contribution in [0, 0.1) is 5.92 Å². The minimum atomic E-state index is -1.66. The summed E-state index contributed by atoms with van der Waals surface area (Å²) in [6.07, 6.45) is -1.30. The monoisotopic (exact) mass is 517 g/mol. The van der Waals surface area contributed by atoms with Crippen molar-refractivity contribution < 1.29 is 28.7 Å². The quantitative estimate of drug-likeness (QED) is 0.144. The van der Waals surface area contributed by atoms with Gasteiger partial charge in [-0.1, -0.05) is 84.9 Å². The number of hydrogen-bond donors (Lipinski definition) is 1. The zero-order chi connectivity index (χ0) is 27.5. The molecule has 1 amide bonds. The molecule has 1 heterocycles.